The lowest BCUT2D eigenvalue weighted by molar-refractivity contribution is 0.220. The zero-order valence-corrected chi connectivity index (χ0v) is 12.8. The van der Waals surface area contributed by atoms with E-state index in [9.17, 15) is 5.11 Å². The quantitative estimate of drug-likeness (QED) is 0.787. The van der Waals surface area contributed by atoms with Crippen LogP contribution >= 0.6 is 50.5 Å². The summed E-state index contributed by atoms with van der Waals surface area (Å²) in [6.45, 7) is 1.96. The molecule has 0 spiro atoms. The second kappa shape index (κ2) is 5.29. The Morgan fingerprint density at radius 3 is 2.53 bits per heavy atom. The summed E-state index contributed by atoms with van der Waals surface area (Å²) >= 11 is 17.0. The van der Waals surface area contributed by atoms with Gasteiger partial charge in [-0.05, 0) is 52.7 Å². The Labute approximate surface area is 122 Å². The summed E-state index contributed by atoms with van der Waals surface area (Å²) in [7, 11) is 0. The maximum Gasteiger partial charge on any atom is 0.107 e. The highest BCUT2D eigenvalue weighted by atomic mass is 79.9. The maximum atomic E-state index is 10.3. The van der Waals surface area contributed by atoms with E-state index in [1.54, 1.807) is 29.5 Å². The molecule has 0 amide bonds. The summed E-state index contributed by atoms with van der Waals surface area (Å²) in [4.78, 5) is 1.06. The molecular weight excluding hydrogens is 343 g/mol. The first kappa shape index (κ1) is 13.4. The SMILES string of the molecule is Cc1sc(Br)cc1C(O)c1cc(Cl)ccc1Cl. The highest BCUT2D eigenvalue weighted by Gasteiger charge is 2.18. The van der Waals surface area contributed by atoms with Gasteiger partial charge in [0.15, 0.2) is 0 Å². The van der Waals surface area contributed by atoms with Crippen LogP contribution < -0.4 is 0 Å². The van der Waals surface area contributed by atoms with Gasteiger partial charge in [-0.15, -0.1) is 11.3 Å². The molecule has 1 heterocycles. The molecule has 0 saturated carbocycles. The largest absolute Gasteiger partial charge is 0.384 e. The summed E-state index contributed by atoms with van der Waals surface area (Å²) in [6, 6.07) is 7.00. The zero-order valence-electron chi connectivity index (χ0n) is 8.88. The molecule has 1 atom stereocenters. The van der Waals surface area contributed by atoms with Gasteiger partial charge in [0, 0.05) is 20.5 Å². The fraction of sp³-hybridized carbons (Fsp3) is 0.167. The average Bonchev–Trinajstić information content (AvgIpc) is 2.60. The second-order valence-electron chi connectivity index (χ2n) is 3.63. The van der Waals surface area contributed by atoms with Gasteiger partial charge in [-0.2, -0.15) is 0 Å². The number of aliphatic hydroxyl groups excluding tert-OH is 1. The Balaban J connectivity index is 2.46. The molecular formula is C12H9BrCl2OS. The van der Waals surface area contributed by atoms with Crippen molar-refractivity contribution in [3.05, 3.63) is 54.1 Å². The van der Waals surface area contributed by atoms with Gasteiger partial charge in [-0.3, -0.25) is 0 Å². The molecule has 2 aromatic rings. The van der Waals surface area contributed by atoms with Crippen LogP contribution in [0.2, 0.25) is 10.0 Å². The molecule has 1 nitrogen and oxygen atoms in total. The standard InChI is InChI=1S/C12H9BrCl2OS/c1-6-8(5-11(13)17-6)12(16)9-4-7(14)2-3-10(9)15/h2-5,12,16H,1H3. The zero-order chi connectivity index (χ0) is 12.6. The Morgan fingerprint density at radius 1 is 1.24 bits per heavy atom. The lowest BCUT2D eigenvalue weighted by Crippen LogP contribution is -2.00. The summed E-state index contributed by atoms with van der Waals surface area (Å²) in [6.07, 6.45) is -0.747. The highest BCUT2D eigenvalue weighted by Crippen LogP contribution is 2.36. The van der Waals surface area contributed by atoms with Gasteiger partial charge in [0.25, 0.3) is 0 Å². The van der Waals surface area contributed by atoms with Crippen LogP contribution in [0.1, 0.15) is 22.1 Å². The molecule has 17 heavy (non-hydrogen) atoms. The molecule has 1 N–H and O–H groups in total. The molecule has 5 heteroatoms. The number of thiophene rings is 1. The van der Waals surface area contributed by atoms with Crippen molar-refractivity contribution in [2.45, 2.75) is 13.0 Å². The summed E-state index contributed by atoms with van der Waals surface area (Å²) in [5.74, 6) is 0. The van der Waals surface area contributed by atoms with Crippen LogP contribution in [0, 0.1) is 6.92 Å². The first-order valence-electron chi connectivity index (χ1n) is 4.88. The number of aryl methyl sites for hydroxylation is 1. The topological polar surface area (TPSA) is 20.2 Å². The smallest absolute Gasteiger partial charge is 0.107 e. The third-order valence-corrected chi connectivity index (χ3v) is 4.62. The molecule has 0 aliphatic carbocycles. The Bertz CT molecular complexity index is 553. The number of hydrogen-bond acceptors (Lipinski definition) is 2. The van der Waals surface area contributed by atoms with E-state index in [1.807, 2.05) is 13.0 Å². The summed E-state index contributed by atoms with van der Waals surface area (Å²) in [5.41, 5.74) is 1.48. The summed E-state index contributed by atoms with van der Waals surface area (Å²) in [5, 5.41) is 11.4. The van der Waals surface area contributed by atoms with Crippen LogP contribution in [0.5, 0.6) is 0 Å². The van der Waals surface area contributed by atoms with Crippen LogP contribution in [-0.4, -0.2) is 5.11 Å². The first-order chi connectivity index (χ1) is 7.99. The third-order valence-electron chi connectivity index (χ3n) is 2.47. The van der Waals surface area contributed by atoms with Crippen molar-refractivity contribution in [1.82, 2.24) is 0 Å². The molecule has 0 bridgehead atoms. The summed E-state index contributed by atoms with van der Waals surface area (Å²) < 4.78 is 0.988. The van der Waals surface area contributed by atoms with E-state index in [0.29, 0.717) is 15.6 Å². The predicted octanol–water partition coefficient (Wildman–Crippen LogP) is 5.21. The molecule has 1 aromatic heterocycles. The van der Waals surface area contributed by atoms with Crippen LogP contribution in [0.4, 0.5) is 0 Å². The van der Waals surface area contributed by atoms with Crippen molar-refractivity contribution < 1.29 is 5.11 Å². The molecule has 0 aliphatic rings. The third kappa shape index (κ3) is 2.85. The second-order valence-corrected chi connectivity index (χ2v) is 7.11. The van der Waals surface area contributed by atoms with Gasteiger partial charge in [0.1, 0.15) is 6.10 Å². The van der Waals surface area contributed by atoms with Crippen molar-refractivity contribution in [1.29, 1.82) is 0 Å². The van der Waals surface area contributed by atoms with Crippen molar-refractivity contribution in [3.8, 4) is 0 Å². The number of hydrogen-bond donors (Lipinski definition) is 1. The molecule has 0 saturated heterocycles. The number of benzene rings is 1. The predicted molar refractivity (Wildman–Crippen MR) is 77.3 cm³/mol. The van der Waals surface area contributed by atoms with E-state index < -0.39 is 6.10 Å². The average molecular weight is 352 g/mol. The van der Waals surface area contributed by atoms with E-state index in [4.69, 9.17) is 23.2 Å². The van der Waals surface area contributed by atoms with Gasteiger partial charge >= 0.3 is 0 Å². The van der Waals surface area contributed by atoms with Gasteiger partial charge in [0.2, 0.25) is 0 Å². The Kier molecular flexibility index (Phi) is 4.16. The number of halogens is 3. The number of aliphatic hydroxyl groups is 1. The van der Waals surface area contributed by atoms with Gasteiger partial charge in [-0.25, -0.2) is 0 Å². The minimum atomic E-state index is -0.747. The lowest BCUT2D eigenvalue weighted by Gasteiger charge is -2.13. The van der Waals surface area contributed by atoms with E-state index in [-0.39, 0.29) is 0 Å². The van der Waals surface area contributed by atoms with Gasteiger partial charge < -0.3 is 5.11 Å². The molecule has 1 aromatic carbocycles. The minimum Gasteiger partial charge on any atom is -0.384 e. The monoisotopic (exact) mass is 350 g/mol. The molecule has 2 rings (SSSR count). The van der Waals surface area contributed by atoms with E-state index in [0.717, 1.165) is 14.2 Å². The van der Waals surface area contributed by atoms with E-state index in [1.165, 1.54) is 0 Å². The minimum absolute atomic E-state index is 0.517. The molecule has 0 fully saturated rings. The fourth-order valence-corrected chi connectivity index (χ4v) is 3.76. The fourth-order valence-electron chi connectivity index (χ4n) is 1.62. The van der Waals surface area contributed by atoms with Crippen LogP contribution in [0.15, 0.2) is 28.1 Å². The van der Waals surface area contributed by atoms with Crippen molar-refractivity contribution in [2.75, 3.05) is 0 Å². The molecule has 90 valence electrons. The Morgan fingerprint density at radius 2 is 1.94 bits per heavy atom. The first-order valence-corrected chi connectivity index (χ1v) is 7.24. The van der Waals surface area contributed by atoms with Crippen LogP contribution in [0.3, 0.4) is 0 Å². The van der Waals surface area contributed by atoms with Gasteiger partial charge in [0.05, 0.1) is 3.79 Å². The lowest BCUT2D eigenvalue weighted by atomic mass is 10.0. The van der Waals surface area contributed by atoms with E-state index >= 15 is 0 Å². The normalized spacial score (nSPS) is 12.8. The number of rotatable bonds is 2. The maximum absolute atomic E-state index is 10.3. The van der Waals surface area contributed by atoms with Crippen molar-refractivity contribution >= 4 is 50.5 Å². The van der Waals surface area contributed by atoms with Gasteiger partial charge in [-0.1, -0.05) is 23.2 Å². The van der Waals surface area contributed by atoms with E-state index in [2.05, 4.69) is 15.9 Å². The van der Waals surface area contributed by atoms with Crippen LogP contribution in [0.25, 0.3) is 0 Å². The molecule has 0 radical (unpaired) electrons. The van der Waals surface area contributed by atoms with Crippen LogP contribution in [-0.2, 0) is 0 Å². The molecule has 0 aliphatic heterocycles. The van der Waals surface area contributed by atoms with Crippen molar-refractivity contribution in [3.63, 3.8) is 0 Å². The van der Waals surface area contributed by atoms with Crippen molar-refractivity contribution in [2.24, 2.45) is 0 Å². The Hall–Kier alpha value is -0.0600. The molecule has 1 unspecified atom stereocenters. The highest BCUT2D eigenvalue weighted by molar-refractivity contribution is 9.11.